The van der Waals surface area contributed by atoms with E-state index in [1.807, 2.05) is 77.7 Å². The summed E-state index contributed by atoms with van der Waals surface area (Å²) < 4.78 is 0. The van der Waals surface area contributed by atoms with Crippen molar-refractivity contribution in [3.05, 3.63) is 92.1 Å². The SMILES string of the molecule is CC.CC.CC.CC.CC1=C2CCC3=C(C)c4cccc5c4C4C23C2c3c1cccc3C(C)=C1CCC(=C5C)C124. The van der Waals surface area contributed by atoms with E-state index in [9.17, 15) is 0 Å². The van der Waals surface area contributed by atoms with Gasteiger partial charge < -0.3 is 0 Å². The van der Waals surface area contributed by atoms with Gasteiger partial charge in [0.05, 0.1) is 0 Å². The van der Waals surface area contributed by atoms with Crippen LogP contribution in [0.1, 0.15) is 154 Å². The fourth-order valence-corrected chi connectivity index (χ4v) is 10.7. The topological polar surface area (TPSA) is 0 Å². The largest absolute Gasteiger partial charge is 0.0683 e. The Morgan fingerprint density at radius 3 is 0.875 bits per heavy atom. The molecule has 0 saturated heterocycles. The van der Waals surface area contributed by atoms with E-state index in [4.69, 9.17) is 0 Å². The highest BCUT2D eigenvalue weighted by Gasteiger charge is 2.82. The Kier molecular flexibility index (Phi) is 7.26. The molecule has 0 unspecified atom stereocenters. The van der Waals surface area contributed by atoms with Crippen LogP contribution in [-0.4, -0.2) is 0 Å². The molecule has 40 heavy (non-hydrogen) atoms. The lowest BCUT2D eigenvalue weighted by Gasteiger charge is -2.75. The molecule has 0 aromatic heterocycles. The lowest BCUT2D eigenvalue weighted by molar-refractivity contribution is -0.00120. The van der Waals surface area contributed by atoms with Crippen LogP contribution in [0.15, 0.2) is 58.7 Å². The average Bonchev–Trinajstić information content (AvgIpc) is 3.63. The summed E-state index contributed by atoms with van der Waals surface area (Å²) in [6.45, 7) is 25.8. The van der Waals surface area contributed by atoms with E-state index in [0.717, 1.165) is 0 Å². The minimum absolute atomic E-state index is 0.253. The van der Waals surface area contributed by atoms with Crippen molar-refractivity contribution >= 4 is 22.3 Å². The Morgan fingerprint density at radius 1 is 0.425 bits per heavy atom. The second-order valence-electron chi connectivity index (χ2n) is 11.6. The number of benzene rings is 2. The zero-order valence-electron chi connectivity index (χ0n) is 27.4. The molecule has 0 atom stereocenters. The highest BCUT2D eigenvalue weighted by Crippen LogP contribution is 2.92. The summed E-state index contributed by atoms with van der Waals surface area (Å²) in [7, 11) is 0. The summed E-state index contributed by atoms with van der Waals surface area (Å²) >= 11 is 0. The highest BCUT2D eigenvalue weighted by atomic mass is 14.8. The van der Waals surface area contributed by atoms with Crippen molar-refractivity contribution in [1.82, 2.24) is 0 Å². The van der Waals surface area contributed by atoms with Crippen LogP contribution in [-0.2, 0) is 0 Å². The maximum Gasteiger partial charge on any atom is 0.0294 e. The third-order valence-electron chi connectivity index (χ3n) is 11.3. The molecule has 2 spiro atoms. The molecule has 0 heteroatoms. The standard InChI is InChI=1S/C32H28.4C2H6/c1-15-19-7-5-8-20-16(2)25-13-14-26-18(4)22-10-6-9-21-17(3)24-12-11-23(15)31(24)29(27(19)20)32(25,26)30(31)28(21)22;4*1-2/h5-10,29-30H,11-14H2,1-4H3;4*1-2H3. The monoisotopic (exact) mass is 532 g/mol. The minimum atomic E-state index is 0.253. The van der Waals surface area contributed by atoms with Crippen molar-refractivity contribution in [2.45, 2.75) is 121 Å². The van der Waals surface area contributed by atoms with Crippen molar-refractivity contribution in [2.24, 2.45) is 10.8 Å². The number of hydrogen-bond donors (Lipinski definition) is 0. The van der Waals surface area contributed by atoms with E-state index in [2.05, 4.69) is 64.1 Å². The average molecular weight is 533 g/mol. The molecular formula is C40H52. The maximum absolute atomic E-state index is 2.45. The van der Waals surface area contributed by atoms with Gasteiger partial charge >= 0.3 is 0 Å². The zero-order valence-corrected chi connectivity index (χ0v) is 27.4. The summed E-state index contributed by atoms with van der Waals surface area (Å²) in [5.41, 5.74) is 23.9. The fraction of sp³-hybridized carbons (Fsp3) is 0.500. The molecule has 0 heterocycles. The smallest absolute Gasteiger partial charge is 0.0294 e. The second-order valence-corrected chi connectivity index (χ2v) is 11.6. The summed E-state index contributed by atoms with van der Waals surface area (Å²) in [6, 6.07) is 14.4. The molecule has 9 rings (SSSR count). The summed E-state index contributed by atoms with van der Waals surface area (Å²) in [5, 5.41) is 0. The molecule has 0 nitrogen and oxygen atoms in total. The van der Waals surface area contributed by atoms with Crippen molar-refractivity contribution in [2.75, 3.05) is 0 Å². The first-order chi connectivity index (χ1) is 19.6. The van der Waals surface area contributed by atoms with E-state index >= 15 is 0 Å². The van der Waals surface area contributed by atoms with Gasteiger partial charge in [-0.2, -0.15) is 0 Å². The van der Waals surface area contributed by atoms with Gasteiger partial charge in [0.25, 0.3) is 0 Å². The van der Waals surface area contributed by atoms with Gasteiger partial charge in [0.15, 0.2) is 0 Å². The normalized spacial score (nSPS) is 29.4. The highest BCUT2D eigenvalue weighted by molar-refractivity contribution is 5.97. The Bertz CT molecular complexity index is 1290. The van der Waals surface area contributed by atoms with Crippen LogP contribution in [0, 0.1) is 10.8 Å². The van der Waals surface area contributed by atoms with Crippen LogP contribution in [0.2, 0.25) is 0 Å². The Morgan fingerprint density at radius 2 is 0.650 bits per heavy atom. The predicted molar refractivity (Wildman–Crippen MR) is 177 cm³/mol. The predicted octanol–water partition coefficient (Wildman–Crippen LogP) is 12.4. The Labute approximate surface area is 245 Å². The molecule has 7 aliphatic rings. The molecule has 2 aromatic carbocycles. The Balaban J connectivity index is 0.000000374. The molecule has 3 saturated carbocycles. The van der Waals surface area contributed by atoms with E-state index < -0.39 is 0 Å². The molecule has 0 N–H and O–H groups in total. The molecule has 7 aliphatic carbocycles. The number of hydrogen-bond acceptors (Lipinski definition) is 0. The zero-order chi connectivity index (χ0) is 29.3. The van der Waals surface area contributed by atoms with Crippen LogP contribution >= 0.6 is 0 Å². The molecule has 3 fully saturated rings. The van der Waals surface area contributed by atoms with Gasteiger partial charge in [-0.1, -0.05) is 114 Å². The molecule has 0 radical (unpaired) electrons. The van der Waals surface area contributed by atoms with E-state index in [0.29, 0.717) is 11.8 Å². The van der Waals surface area contributed by atoms with Gasteiger partial charge in [0.1, 0.15) is 0 Å². The minimum Gasteiger partial charge on any atom is -0.0683 e. The molecule has 212 valence electrons. The quantitative estimate of drug-likeness (QED) is 0.316. The first-order valence-electron chi connectivity index (χ1n) is 16.6. The van der Waals surface area contributed by atoms with Crippen LogP contribution in [0.25, 0.3) is 22.3 Å². The second kappa shape index (κ2) is 10.0. The van der Waals surface area contributed by atoms with Crippen LogP contribution in [0.4, 0.5) is 0 Å². The van der Waals surface area contributed by atoms with Gasteiger partial charge in [-0.15, -0.1) is 0 Å². The third-order valence-corrected chi connectivity index (χ3v) is 11.3. The fourth-order valence-electron chi connectivity index (χ4n) is 10.7. The summed E-state index contributed by atoms with van der Waals surface area (Å²) in [4.78, 5) is 0. The Hall–Kier alpha value is -2.60. The first-order valence-corrected chi connectivity index (χ1v) is 16.6. The van der Waals surface area contributed by atoms with Crippen LogP contribution in [0.5, 0.6) is 0 Å². The number of allylic oxidation sites excluding steroid dienone is 8. The van der Waals surface area contributed by atoms with E-state index in [-0.39, 0.29) is 10.8 Å². The number of rotatable bonds is 0. The molecule has 0 aliphatic heterocycles. The van der Waals surface area contributed by atoms with Crippen LogP contribution in [0.3, 0.4) is 0 Å². The van der Waals surface area contributed by atoms with Gasteiger partial charge in [-0.05, 0) is 109 Å². The van der Waals surface area contributed by atoms with Gasteiger partial charge in [-0.25, -0.2) is 0 Å². The maximum atomic E-state index is 2.45. The van der Waals surface area contributed by atoms with Gasteiger partial charge in [0, 0.05) is 22.7 Å². The molecule has 2 aromatic rings. The van der Waals surface area contributed by atoms with Crippen LogP contribution < -0.4 is 0 Å². The van der Waals surface area contributed by atoms with E-state index in [1.54, 1.807) is 55.7 Å². The lowest BCUT2D eigenvalue weighted by Crippen LogP contribution is -2.66. The lowest BCUT2D eigenvalue weighted by atomic mass is 9.26. The van der Waals surface area contributed by atoms with Crippen molar-refractivity contribution in [3.8, 4) is 0 Å². The molecule has 0 amide bonds. The van der Waals surface area contributed by atoms with Crippen molar-refractivity contribution < 1.29 is 0 Å². The van der Waals surface area contributed by atoms with Gasteiger partial charge in [-0.3, -0.25) is 0 Å². The third kappa shape index (κ3) is 2.75. The summed E-state index contributed by atoms with van der Waals surface area (Å²) in [6.07, 6.45) is 5.07. The molecule has 0 bridgehead atoms. The first kappa shape index (κ1) is 28.9. The summed E-state index contributed by atoms with van der Waals surface area (Å²) in [5.74, 6) is 1.26. The van der Waals surface area contributed by atoms with Gasteiger partial charge in [0.2, 0.25) is 0 Å². The molecular weight excluding hydrogens is 480 g/mol. The van der Waals surface area contributed by atoms with Crippen molar-refractivity contribution in [3.63, 3.8) is 0 Å². The van der Waals surface area contributed by atoms with E-state index in [1.165, 1.54) is 25.7 Å². The van der Waals surface area contributed by atoms with Crippen molar-refractivity contribution in [1.29, 1.82) is 0 Å².